The predicted octanol–water partition coefficient (Wildman–Crippen LogP) is 3.66. The quantitative estimate of drug-likeness (QED) is 0.857. The van der Waals surface area contributed by atoms with Crippen LogP contribution in [0.2, 0.25) is 5.02 Å². The number of hydrogen-bond acceptors (Lipinski definition) is 2. The summed E-state index contributed by atoms with van der Waals surface area (Å²) < 4.78 is 0. The van der Waals surface area contributed by atoms with Gasteiger partial charge in [-0.1, -0.05) is 31.5 Å². The van der Waals surface area contributed by atoms with Crippen LogP contribution in [-0.2, 0) is 6.54 Å². The molecule has 0 spiro atoms. The molecule has 0 saturated carbocycles. The van der Waals surface area contributed by atoms with Crippen LogP contribution in [0, 0.1) is 0 Å². The van der Waals surface area contributed by atoms with Gasteiger partial charge in [0.2, 0.25) is 0 Å². The zero-order valence-electron chi connectivity index (χ0n) is 11.1. The second kappa shape index (κ2) is 6.76. The third kappa shape index (κ3) is 3.72. The number of halogens is 1. The van der Waals surface area contributed by atoms with Gasteiger partial charge < -0.3 is 5.11 Å². The van der Waals surface area contributed by atoms with E-state index in [2.05, 4.69) is 25.7 Å². The molecule has 1 rings (SSSR count). The molecule has 0 radical (unpaired) electrons. The van der Waals surface area contributed by atoms with Crippen molar-refractivity contribution >= 4 is 17.6 Å². The summed E-state index contributed by atoms with van der Waals surface area (Å²) in [5.74, 6) is -0.947. The SMILES string of the molecule is CCC(C)N(CC)Cc1ccc(C(=O)O)cc1Cl. The highest BCUT2D eigenvalue weighted by molar-refractivity contribution is 6.31. The maximum absolute atomic E-state index is 10.8. The highest BCUT2D eigenvalue weighted by Crippen LogP contribution is 2.21. The summed E-state index contributed by atoms with van der Waals surface area (Å²) in [5, 5.41) is 9.41. The lowest BCUT2D eigenvalue weighted by Gasteiger charge is -2.27. The lowest BCUT2D eigenvalue weighted by molar-refractivity contribution is 0.0697. The van der Waals surface area contributed by atoms with Crippen LogP contribution in [-0.4, -0.2) is 28.6 Å². The summed E-state index contributed by atoms with van der Waals surface area (Å²) >= 11 is 6.13. The lowest BCUT2D eigenvalue weighted by atomic mass is 10.1. The van der Waals surface area contributed by atoms with Crippen molar-refractivity contribution in [1.29, 1.82) is 0 Å². The third-order valence-electron chi connectivity index (χ3n) is 3.29. The number of benzene rings is 1. The average Bonchev–Trinajstić information content (AvgIpc) is 2.36. The molecule has 0 aliphatic heterocycles. The van der Waals surface area contributed by atoms with E-state index in [4.69, 9.17) is 16.7 Å². The van der Waals surface area contributed by atoms with Crippen LogP contribution in [0.5, 0.6) is 0 Å². The Kier molecular flexibility index (Phi) is 5.63. The molecule has 1 aromatic carbocycles. The van der Waals surface area contributed by atoms with Crippen molar-refractivity contribution in [3.05, 3.63) is 34.3 Å². The molecule has 1 N–H and O–H groups in total. The largest absolute Gasteiger partial charge is 0.478 e. The van der Waals surface area contributed by atoms with Gasteiger partial charge >= 0.3 is 5.97 Å². The van der Waals surface area contributed by atoms with Crippen LogP contribution in [0.3, 0.4) is 0 Å². The van der Waals surface area contributed by atoms with Gasteiger partial charge in [-0.3, -0.25) is 4.90 Å². The molecule has 0 saturated heterocycles. The molecular weight excluding hydrogens is 250 g/mol. The minimum absolute atomic E-state index is 0.232. The second-order valence-corrected chi connectivity index (χ2v) is 4.84. The van der Waals surface area contributed by atoms with E-state index in [1.165, 1.54) is 6.07 Å². The fraction of sp³-hybridized carbons (Fsp3) is 0.500. The van der Waals surface area contributed by atoms with Gasteiger partial charge in [0.15, 0.2) is 0 Å². The number of nitrogens with zero attached hydrogens (tertiary/aromatic N) is 1. The molecule has 0 aliphatic carbocycles. The number of hydrogen-bond donors (Lipinski definition) is 1. The van der Waals surface area contributed by atoms with Crippen LogP contribution >= 0.6 is 11.6 Å². The van der Waals surface area contributed by atoms with Crippen LogP contribution in [0.1, 0.15) is 43.1 Å². The molecule has 1 unspecified atom stereocenters. The molecule has 1 aromatic rings. The fourth-order valence-corrected chi connectivity index (χ4v) is 2.11. The summed E-state index contributed by atoms with van der Waals surface area (Å²) in [6, 6.07) is 5.42. The minimum atomic E-state index is -0.947. The Morgan fingerprint density at radius 3 is 2.56 bits per heavy atom. The summed E-state index contributed by atoms with van der Waals surface area (Å²) in [4.78, 5) is 13.1. The first-order chi connectivity index (χ1) is 8.49. The Hall–Kier alpha value is -1.06. The van der Waals surface area contributed by atoms with Gasteiger partial charge in [-0.2, -0.15) is 0 Å². The molecule has 0 aromatic heterocycles. The van der Waals surface area contributed by atoms with Crippen LogP contribution in [0.15, 0.2) is 18.2 Å². The van der Waals surface area contributed by atoms with Crippen molar-refractivity contribution in [2.45, 2.75) is 39.8 Å². The molecule has 0 heterocycles. The molecule has 100 valence electrons. The number of carboxylic acids is 1. The Morgan fingerprint density at radius 2 is 2.11 bits per heavy atom. The van der Waals surface area contributed by atoms with E-state index in [1.807, 2.05) is 0 Å². The highest BCUT2D eigenvalue weighted by Gasteiger charge is 2.13. The van der Waals surface area contributed by atoms with Crippen LogP contribution < -0.4 is 0 Å². The van der Waals surface area contributed by atoms with E-state index in [0.29, 0.717) is 11.1 Å². The molecule has 0 aliphatic rings. The van der Waals surface area contributed by atoms with E-state index in [9.17, 15) is 4.79 Å². The van der Waals surface area contributed by atoms with Gasteiger partial charge in [0.05, 0.1) is 5.56 Å². The van der Waals surface area contributed by atoms with Gasteiger partial charge in [-0.25, -0.2) is 4.79 Å². The van der Waals surface area contributed by atoms with Crippen LogP contribution in [0.4, 0.5) is 0 Å². The molecular formula is C14H20ClNO2. The first kappa shape index (κ1) is 15.0. The maximum atomic E-state index is 10.8. The number of carbonyl (C=O) groups is 1. The van der Waals surface area contributed by atoms with Crippen molar-refractivity contribution in [2.24, 2.45) is 0 Å². The highest BCUT2D eigenvalue weighted by atomic mass is 35.5. The molecule has 0 bridgehead atoms. The molecule has 0 amide bonds. The van der Waals surface area contributed by atoms with E-state index in [0.717, 1.165) is 25.1 Å². The predicted molar refractivity (Wildman–Crippen MR) is 74.2 cm³/mol. The van der Waals surface area contributed by atoms with Gasteiger partial charge in [-0.15, -0.1) is 0 Å². The number of rotatable bonds is 6. The number of aromatic carboxylic acids is 1. The van der Waals surface area contributed by atoms with Crippen molar-refractivity contribution < 1.29 is 9.90 Å². The summed E-state index contributed by atoms with van der Waals surface area (Å²) in [6.45, 7) is 8.16. The lowest BCUT2D eigenvalue weighted by Crippen LogP contribution is -2.31. The van der Waals surface area contributed by atoms with Gasteiger partial charge in [-0.05, 0) is 37.6 Å². The Balaban J connectivity index is 2.87. The molecule has 0 fully saturated rings. The zero-order chi connectivity index (χ0) is 13.7. The molecule has 1 atom stereocenters. The first-order valence-electron chi connectivity index (χ1n) is 6.25. The second-order valence-electron chi connectivity index (χ2n) is 4.43. The first-order valence-corrected chi connectivity index (χ1v) is 6.63. The van der Waals surface area contributed by atoms with Crippen LogP contribution in [0.25, 0.3) is 0 Å². The molecule has 4 heteroatoms. The van der Waals surface area contributed by atoms with E-state index < -0.39 is 5.97 Å². The summed E-state index contributed by atoms with van der Waals surface area (Å²) in [7, 11) is 0. The van der Waals surface area contributed by atoms with Gasteiger partial charge in [0.1, 0.15) is 0 Å². The maximum Gasteiger partial charge on any atom is 0.335 e. The Labute approximate surface area is 113 Å². The third-order valence-corrected chi connectivity index (χ3v) is 3.65. The minimum Gasteiger partial charge on any atom is -0.478 e. The number of carboxylic acid groups (broad SMARTS) is 1. The zero-order valence-corrected chi connectivity index (χ0v) is 11.9. The van der Waals surface area contributed by atoms with Crippen molar-refractivity contribution in [3.8, 4) is 0 Å². The molecule has 3 nitrogen and oxygen atoms in total. The standard InChI is InChI=1S/C14H20ClNO2/c1-4-10(3)16(5-2)9-12-7-6-11(14(17)18)8-13(12)15/h6-8,10H,4-5,9H2,1-3H3,(H,17,18). The average molecular weight is 270 g/mol. The van der Waals surface area contributed by atoms with Crippen molar-refractivity contribution in [1.82, 2.24) is 4.90 Å². The summed E-state index contributed by atoms with van der Waals surface area (Å²) in [6.07, 6.45) is 1.08. The van der Waals surface area contributed by atoms with Crippen molar-refractivity contribution in [3.63, 3.8) is 0 Å². The normalized spacial score (nSPS) is 12.7. The summed E-state index contributed by atoms with van der Waals surface area (Å²) in [5.41, 5.74) is 1.21. The van der Waals surface area contributed by atoms with Gasteiger partial charge in [0.25, 0.3) is 0 Å². The smallest absolute Gasteiger partial charge is 0.335 e. The van der Waals surface area contributed by atoms with E-state index in [1.54, 1.807) is 12.1 Å². The van der Waals surface area contributed by atoms with Crippen molar-refractivity contribution in [2.75, 3.05) is 6.54 Å². The Bertz CT molecular complexity index is 420. The van der Waals surface area contributed by atoms with E-state index >= 15 is 0 Å². The van der Waals surface area contributed by atoms with E-state index in [-0.39, 0.29) is 5.56 Å². The monoisotopic (exact) mass is 269 g/mol. The topological polar surface area (TPSA) is 40.5 Å². The molecule has 18 heavy (non-hydrogen) atoms. The fourth-order valence-electron chi connectivity index (χ4n) is 1.86. The Morgan fingerprint density at radius 1 is 1.44 bits per heavy atom. The van der Waals surface area contributed by atoms with Gasteiger partial charge in [0, 0.05) is 17.6 Å².